The van der Waals surface area contributed by atoms with E-state index in [2.05, 4.69) is 15.3 Å². The van der Waals surface area contributed by atoms with Gasteiger partial charge in [0.2, 0.25) is 0 Å². The molecule has 0 bridgehead atoms. The van der Waals surface area contributed by atoms with E-state index >= 15 is 0 Å². The number of aryl methyl sites for hydroxylation is 1. The van der Waals surface area contributed by atoms with E-state index in [1.807, 2.05) is 24.3 Å². The summed E-state index contributed by atoms with van der Waals surface area (Å²) in [6, 6.07) is 7.67. The minimum atomic E-state index is -0.423. The average molecular weight is 320 g/mol. The van der Waals surface area contributed by atoms with Crippen LogP contribution in [0, 0.1) is 6.92 Å². The second kappa shape index (κ2) is 7.75. The maximum absolute atomic E-state index is 11.9. The average Bonchev–Trinajstić information content (AvgIpc) is 2.47. The molecule has 2 aromatic rings. The largest absolute Gasteiger partial charge is 0.462 e. The summed E-state index contributed by atoms with van der Waals surface area (Å²) < 4.78 is 5.01. The van der Waals surface area contributed by atoms with Crippen LogP contribution in [0.5, 0.6) is 0 Å². The van der Waals surface area contributed by atoms with E-state index in [9.17, 15) is 4.79 Å². The number of ether oxygens (including phenoxy) is 1. The maximum Gasteiger partial charge on any atom is 0.343 e. The van der Waals surface area contributed by atoms with Crippen LogP contribution in [-0.2, 0) is 11.2 Å². The van der Waals surface area contributed by atoms with Crippen molar-refractivity contribution in [1.29, 1.82) is 0 Å². The Hall–Kier alpha value is -2.14. The Morgan fingerprint density at radius 2 is 2.23 bits per heavy atom. The molecule has 22 heavy (non-hydrogen) atoms. The summed E-state index contributed by atoms with van der Waals surface area (Å²) in [5, 5.41) is 3.88. The van der Waals surface area contributed by atoms with Crippen LogP contribution in [0.3, 0.4) is 0 Å². The van der Waals surface area contributed by atoms with E-state index in [1.54, 1.807) is 13.8 Å². The Balaban J connectivity index is 2.05. The van der Waals surface area contributed by atoms with Gasteiger partial charge >= 0.3 is 5.97 Å². The third kappa shape index (κ3) is 4.43. The number of halogens is 1. The molecule has 1 aromatic carbocycles. The number of carbonyl (C=O) groups is 1. The van der Waals surface area contributed by atoms with Gasteiger partial charge < -0.3 is 10.1 Å². The predicted octanol–water partition coefficient (Wildman–Crippen LogP) is 3.27. The summed E-state index contributed by atoms with van der Waals surface area (Å²) in [7, 11) is 0. The van der Waals surface area contributed by atoms with Gasteiger partial charge in [0.05, 0.1) is 6.61 Å². The smallest absolute Gasteiger partial charge is 0.343 e. The van der Waals surface area contributed by atoms with Crippen molar-refractivity contribution in [2.24, 2.45) is 0 Å². The second-order valence-electron chi connectivity index (χ2n) is 4.71. The molecule has 0 saturated carbocycles. The molecule has 6 heteroatoms. The highest BCUT2D eigenvalue weighted by molar-refractivity contribution is 6.30. The van der Waals surface area contributed by atoms with Gasteiger partial charge in [-0.15, -0.1) is 0 Å². The molecule has 2 rings (SSSR count). The molecule has 0 radical (unpaired) electrons. The first-order valence-corrected chi connectivity index (χ1v) is 7.47. The van der Waals surface area contributed by atoms with Gasteiger partial charge in [0.15, 0.2) is 0 Å². The number of nitrogens with one attached hydrogen (secondary N) is 1. The normalized spacial score (nSPS) is 10.3. The predicted molar refractivity (Wildman–Crippen MR) is 86.4 cm³/mol. The Bertz CT molecular complexity index is 662. The van der Waals surface area contributed by atoms with Crippen LogP contribution >= 0.6 is 11.6 Å². The molecule has 0 aliphatic heterocycles. The minimum Gasteiger partial charge on any atom is -0.462 e. The summed E-state index contributed by atoms with van der Waals surface area (Å²) in [6.07, 6.45) is 2.26. The Morgan fingerprint density at radius 1 is 1.41 bits per heavy atom. The highest BCUT2D eigenvalue weighted by Crippen LogP contribution is 2.14. The van der Waals surface area contributed by atoms with Crippen LogP contribution in [0.2, 0.25) is 5.02 Å². The maximum atomic E-state index is 11.9. The number of aromatic nitrogens is 2. The first-order chi connectivity index (χ1) is 10.6. The molecule has 5 nitrogen and oxygen atoms in total. The van der Waals surface area contributed by atoms with E-state index < -0.39 is 5.97 Å². The second-order valence-corrected chi connectivity index (χ2v) is 5.14. The highest BCUT2D eigenvalue weighted by Gasteiger charge is 2.14. The molecule has 0 unspecified atom stereocenters. The molecule has 0 amide bonds. The van der Waals surface area contributed by atoms with Crippen LogP contribution in [0.25, 0.3) is 0 Å². The first kappa shape index (κ1) is 16.2. The fourth-order valence-electron chi connectivity index (χ4n) is 1.98. The van der Waals surface area contributed by atoms with E-state index in [0.717, 1.165) is 12.0 Å². The summed E-state index contributed by atoms with van der Waals surface area (Å²) in [5.41, 5.74) is 1.46. The molecule has 0 spiro atoms. The number of esters is 1. The number of nitrogens with zero attached hydrogens (tertiary/aromatic N) is 2. The Morgan fingerprint density at radius 3 is 2.95 bits per heavy atom. The van der Waals surface area contributed by atoms with Gasteiger partial charge in [-0.3, -0.25) is 0 Å². The highest BCUT2D eigenvalue weighted by atomic mass is 35.5. The molecule has 0 aliphatic carbocycles. The zero-order valence-corrected chi connectivity index (χ0v) is 13.4. The third-order valence-electron chi connectivity index (χ3n) is 3.00. The quantitative estimate of drug-likeness (QED) is 0.828. The van der Waals surface area contributed by atoms with Gasteiger partial charge in [-0.05, 0) is 38.0 Å². The molecule has 0 fully saturated rings. The van der Waals surface area contributed by atoms with E-state index in [4.69, 9.17) is 16.3 Å². The fraction of sp³-hybridized carbons (Fsp3) is 0.312. The lowest BCUT2D eigenvalue weighted by atomic mass is 10.1. The van der Waals surface area contributed by atoms with Crippen molar-refractivity contribution in [1.82, 2.24) is 9.97 Å². The van der Waals surface area contributed by atoms with Gasteiger partial charge in [0, 0.05) is 17.8 Å². The van der Waals surface area contributed by atoms with Crippen LogP contribution in [0.1, 0.15) is 28.7 Å². The van der Waals surface area contributed by atoms with Crippen LogP contribution in [0.4, 0.5) is 5.82 Å². The number of rotatable bonds is 6. The van der Waals surface area contributed by atoms with Crippen molar-refractivity contribution >= 4 is 23.4 Å². The molecule has 1 aromatic heterocycles. The lowest BCUT2D eigenvalue weighted by Gasteiger charge is -2.11. The molecular formula is C16H18ClN3O2. The van der Waals surface area contributed by atoms with Crippen LogP contribution in [0.15, 0.2) is 30.5 Å². The van der Waals surface area contributed by atoms with Gasteiger partial charge in [0.1, 0.15) is 17.2 Å². The number of carbonyl (C=O) groups excluding carboxylic acids is 1. The summed E-state index contributed by atoms with van der Waals surface area (Å²) in [6.45, 7) is 4.48. The van der Waals surface area contributed by atoms with Gasteiger partial charge in [-0.2, -0.15) is 0 Å². The number of hydrogen-bond donors (Lipinski definition) is 1. The summed E-state index contributed by atoms with van der Waals surface area (Å²) in [4.78, 5) is 20.2. The van der Waals surface area contributed by atoms with Crippen molar-refractivity contribution in [2.75, 3.05) is 18.5 Å². The van der Waals surface area contributed by atoms with Crippen molar-refractivity contribution in [3.63, 3.8) is 0 Å². The first-order valence-electron chi connectivity index (χ1n) is 7.09. The van der Waals surface area contributed by atoms with Crippen molar-refractivity contribution in [3.05, 3.63) is 52.4 Å². The molecule has 0 atom stereocenters. The Kier molecular flexibility index (Phi) is 5.72. The number of benzene rings is 1. The minimum absolute atomic E-state index is 0.314. The summed E-state index contributed by atoms with van der Waals surface area (Å²) >= 11 is 5.96. The van der Waals surface area contributed by atoms with Gasteiger partial charge in [-0.25, -0.2) is 14.8 Å². The molecule has 1 heterocycles. The Labute approximate surface area is 134 Å². The van der Waals surface area contributed by atoms with Crippen molar-refractivity contribution in [2.45, 2.75) is 20.3 Å². The lowest BCUT2D eigenvalue weighted by Crippen LogP contribution is -2.14. The molecule has 1 N–H and O–H groups in total. The van der Waals surface area contributed by atoms with Crippen molar-refractivity contribution in [3.8, 4) is 0 Å². The van der Waals surface area contributed by atoms with E-state index in [0.29, 0.717) is 35.4 Å². The summed E-state index contributed by atoms with van der Waals surface area (Å²) in [5.74, 6) is 0.666. The topological polar surface area (TPSA) is 64.1 Å². The van der Waals surface area contributed by atoms with Crippen LogP contribution < -0.4 is 5.32 Å². The van der Waals surface area contributed by atoms with E-state index in [-0.39, 0.29) is 0 Å². The third-order valence-corrected chi connectivity index (χ3v) is 3.23. The molecule has 0 aliphatic rings. The standard InChI is InChI=1S/C16H18ClN3O2/c1-3-22-16(21)14-10-19-11(2)20-15(14)18-8-7-12-5-4-6-13(17)9-12/h4-6,9-10H,3,7-8H2,1-2H3,(H,18,19,20). The monoisotopic (exact) mass is 319 g/mol. The zero-order valence-electron chi connectivity index (χ0n) is 12.6. The van der Waals surface area contributed by atoms with Gasteiger partial charge in [-0.1, -0.05) is 23.7 Å². The van der Waals surface area contributed by atoms with Crippen LogP contribution in [-0.4, -0.2) is 29.1 Å². The molecule has 0 saturated heterocycles. The van der Waals surface area contributed by atoms with Gasteiger partial charge in [0.25, 0.3) is 0 Å². The molecular weight excluding hydrogens is 302 g/mol. The van der Waals surface area contributed by atoms with E-state index in [1.165, 1.54) is 6.20 Å². The number of hydrogen-bond acceptors (Lipinski definition) is 5. The lowest BCUT2D eigenvalue weighted by molar-refractivity contribution is 0.0526. The molecule has 116 valence electrons. The number of anilines is 1. The zero-order chi connectivity index (χ0) is 15.9. The van der Waals surface area contributed by atoms with Crippen molar-refractivity contribution < 1.29 is 9.53 Å². The fourth-order valence-corrected chi connectivity index (χ4v) is 2.19. The SMILES string of the molecule is CCOC(=O)c1cnc(C)nc1NCCc1cccc(Cl)c1.